The third kappa shape index (κ3) is 3.33. The van der Waals surface area contributed by atoms with E-state index in [1.165, 1.54) is 54.5 Å². The van der Waals surface area contributed by atoms with Gasteiger partial charge < -0.3 is 4.74 Å². The Morgan fingerprint density at radius 1 is 0.967 bits per heavy atom. The molecule has 0 aliphatic heterocycles. The Hall–Kier alpha value is -2.60. The lowest BCUT2D eigenvalue weighted by Crippen LogP contribution is -2.31. The summed E-state index contributed by atoms with van der Waals surface area (Å²) in [4.78, 5) is 5.39. The Balaban J connectivity index is 1.86. The van der Waals surface area contributed by atoms with Crippen LogP contribution in [0.1, 0.15) is 61.9 Å². The summed E-state index contributed by atoms with van der Waals surface area (Å²) in [6.45, 7) is 0.678. The molecule has 0 atom stereocenters. The number of aromatic nitrogens is 5. The molecular formula is C24H29N5O. The molecule has 5 rings (SSSR count). The van der Waals surface area contributed by atoms with Crippen molar-refractivity contribution in [1.29, 1.82) is 0 Å². The zero-order valence-electron chi connectivity index (χ0n) is 17.7. The summed E-state index contributed by atoms with van der Waals surface area (Å²) in [6.07, 6.45) is 10.3. The molecule has 2 heterocycles. The van der Waals surface area contributed by atoms with Crippen molar-refractivity contribution in [2.75, 3.05) is 13.7 Å². The number of pyridine rings is 1. The maximum Gasteiger partial charge on any atom is 0.207 e. The zero-order chi connectivity index (χ0) is 20.4. The van der Waals surface area contributed by atoms with Crippen molar-refractivity contribution in [1.82, 2.24) is 25.6 Å². The molecule has 0 bridgehead atoms. The molecule has 0 spiro atoms. The third-order valence-electron chi connectivity index (χ3n) is 6.84. The van der Waals surface area contributed by atoms with Crippen molar-refractivity contribution < 1.29 is 4.74 Å². The normalized spacial score (nSPS) is 18.2. The van der Waals surface area contributed by atoms with E-state index in [9.17, 15) is 0 Å². The number of nitrogens with one attached hydrogen (secondary N) is 1. The first kappa shape index (κ1) is 19.4. The van der Waals surface area contributed by atoms with Crippen LogP contribution in [0.5, 0.6) is 0 Å². The SMILES string of the molecule is COCC1(c2nc3c(c(-c4ccccc4)c2-c2nn[nH]n2)CCCCC3)CCCC1. The van der Waals surface area contributed by atoms with Crippen LogP contribution in [0.4, 0.5) is 0 Å². The van der Waals surface area contributed by atoms with Gasteiger partial charge in [-0.1, -0.05) is 49.6 Å². The van der Waals surface area contributed by atoms with Crippen molar-refractivity contribution in [2.45, 2.75) is 63.2 Å². The van der Waals surface area contributed by atoms with Gasteiger partial charge in [0.25, 0.3) is 0 Å². The van der Waals surface area contributed by atoms with Crippen LogP contribution < -0.4 is 0 Å². The van der Waals surface area contributed by atoms with Crippen molar-refractivity contribution in [2.24, 2.45) is 0 Å². The van der Waals surface area contributed by atoms with E-state index in [0.29, 0.717) is 12.4 Å². The Bertz CT molecular complexity index is 994. The first-order valence-corrected chi connectivity index (χ1v) is 11.2. The topological polar surface area (TPSA) is 76.6 Å². The van der Waals surface area contributed by atoms with Crippen LogP contribution in [0.2, 0.25) is 0 Å². The second-order valence-corrected chi connectivity index (χ2v) is 8.72. The van der Waals surface area contributed by atoms with Gasteiger partial charge in [0.15, 0.2) is 0 Å². The van der Waals surface area contributed by atoms with Gasteiger partial charge in [-0.05, 0) is 60.4 Å². The number of rotatable bonds is 5. The summed E-state index contributed by atoms with van der Waals surface area (Å²) in [7, 11) is 1.80. The predicted molar refractivity (Wildman–Crippen MR) is 116 cm³/mol. The van der Waals surface area contributed by atoms with Crippen LogP contribution >= 0.6 is 0 Å². The van der Waals surface area contributed by atoms with Crippen LogP contribution in [0.15, 0.2) is 30.3 Å². The van der Waals surface area contributed by atoms with E-state index in [0.717, 1.165) is 36.9 Å². The fraction of sp³-hybridized carbons (Fsp3) is 0.500. The van der Waals surface area contributed by atoms with Gasteiger partial charge in [-0.25, -0.2) is 0 Å². The van der Waals surface area contributed by atoms with Crippen LogP contribution in [0, 0.1) is 0 Å². The number of aryl methyl sites for hydroxylation is 1. The van der Waals surface area contributed by atoms with Crippen molar-refractivity contribution in [3.8, 4) is 22.5 Å². The maximum atomic E-state index is 5.77. The quantitative estimate of drug-likeness (QED) is 0.627. The number of nitrogens with zero attached hydrogens (tertiary/aromatic N) is 4. The molecule has 0 amide bonds. The molecule has 3 aromatic rings. The first-order valence-electron chi connectivity index (χ1n) is 11.2. The van der Waals surface area contributed by atoms with Crippen LogP contribution in [-0.4, -0.2) is 39.3 Å². The monoisotopic (exact) mass is 403 g/mol. The summed E-state index contributed by atoms with van der Waals surface area (Å²) in [5.41, 5.74) is 7.17. The fourth-order valence-electron chi connectivity index (χ4n) is 5.49. The number of benzene rings is 1. The highest BCUT2D eigenvalue weighted by atomic mass is 16.5. The lowest BCUT2D eigenvalue weighted by Gasteiger charge is -2.32. The Labute approximate surface area is 177 Å². The number of hydrogen-bond donors (Lipinski definition) is 1. The average molecular weight is 404 g/mol. The molecule has 1 aromatic carbocycles. The number of fused-ring (bicyclic) bond motifs is 1. The van der Waals surface area contributed by atoms with Gasteiger partial charge in [-0.2, -0.15) is 5.21 Å². The van der Waals surface area contributed by atoms with Crippen LogP contribution in [0.25, 0.3) is 22.5 Å². The van der Waals surface area contributed by atoms with Gasteiger partial charge in [0, 0.05) is 18.2 Å². The molecular weight excluding hydrogens is 374 g/mol. The standard InChI is InChI=1S/C24H29N5O/c1-30-16-24(14-8-9-15-24)22-21(23-26-28-29-27-23)20(17-10-4-2-5-11-17)18-12-6-3-7-13-19(18)25-22/h2,4-5,10-11H,3,6-9,12-16H2,1H3,(H,26,27,28,29). The number of aromatic amines is 1. The Morgan fingerprint density at radius 2 is 1.77 bits per heavy atom. The Kier molecular flexibility index (Phi) is 5.34. The summed E-state index contributed by atoms with van der Waals surface area (Å²) in [6, 6.07) is 10.7. The minimum atomic E-state index is -0.0877. The highest BCUT2D eigenvalue weighted by Crippen LogP contribution is 2.48. The van der Waals surface area contributed by atoms with Crippen LogP contribution in [0.3, 0.4) is 0 Å². The highest BCUT2D eigenvalue weighted by molar-refractivity contribution is 5.85. The van der Waals surface area contributed by atoms with Gasteiger partial charge in [-0.3, -0.25) is 4.98 Å². The predicted octanol–water partition coefficient (Wildman–Crippen LogP) is 4.66. The molecule has 1 N–H and O–H groups in total. The van der Waals surface area contributed by atoms with E-state index in [4.69, 9.17) is 9.72 Å². The zero-order valence-corrected chi connectivity index (χ0v) is 17.7. The molecule has 156 valence electrons. The molecule has 2 aliphatic rings. The maximum absolute atomic E-state index is 5.77. The smallest absolute Gasteiger partial charge is 0.207 e. The van der Waals surface area contributed by atoms with Gasteiger partial charge in [-0.15, -0.1) is 10.2 Å². The van der Waals surface area contributed by atoms with E-state index in [-0.39, 0.29) is 5.41 Å². The summed E-state index contributed by atoms with van der Waals surface area (Å²) >= 11 is 0. The molecule has 6 heteroatoms. The van der Waals surface area contributed by atoms with E-state index >= 15 is 0 Å². The molecule has 6 nitrogen and oxygen atoms in total. The van der Waals surface area contributed by atoms with Gasteiger partial charge in [0.2, 0.25) is 5.82 Å². The van der Waals surface area contributed by atoms with Crippen LogP contribution in [-0.2, 0) is 23.0 Å². The lowest BCUT2D eigenvalue weighted by atomic mass is 9.77. The van der Waals surface area contributed by atoms with E-state index in [1.807, 2.05) is 0 Å². The second kappa shape index (κ2) is 8.26. The summed E-state index contributed by atoms with van der Waals surface area (Å²) in [5.74, 6) is 0.644. The largest absolute Gasteiger partial charge is 0.384 e. The molecule has 2 aliphatic carbocycles. The number of ether oxygens (including phenoxy) is 1. The third-order valence-corrected chi connectivity index (χ3v) is 6.84. The molecule has 1 saturated carbocycles. The highest BCUT2D eigenvalue weighted by Gasteiger charge is 2.41. The number of H-pyrrole nitrogens is 1. The van der Waals surface area contributed by atoms with E-state index < -0.39 is 0 Å². The minimum Gasteiger partial charge on any atom is -0.384 e. The first-order chi connectivity index (χ1) is 14.8. The molecule has 0 unspecified atom stereocenters. The summed E-state index contributed by atoms with van der Waals surface area (Å²) < 4.78 is 5.77. The number of tetrazole rings is 1. The van der Waals surface area contributed by atoms with E-state index in [2.05, 4.69) is 51.0 Å². The molecule has 2 aromatic heterocycles. The second-order valence-electron chi connectivity index (χ2n) is 8.72. The average Bonchev–Trinajstić information content (AvgIpc) is 3.42. The van der Waals surface area contributed by atoms with Crippen molar-refractivity contribution in [3.05, 3.63) is 47.3 Å². The van der Waals surface area contributed by atoms with E-state index in [1.54, 1.807) is 7.11 Å². The minimum absolute atomic E-state index is 0.0877. The van der Waals surface area contributed by atoms with Gasteiger partial charge in [0.05, 0.1) is 17.9 Å². The van der Waals surface area contributed by atoms with Crippen molar-refractivity contribution >= 4 is 0 Å². The Morgan fingerprint density at radius 3 is 2.50 bits per heavy atom. The molecule has 1 fully saturated rings. The van der Waals surface area contributed by atoms with Gasteiger partial charge in [0.1, 0.15) is 0 Å². The lowest BCUT2D eigenvalue weighted by molar-refractivity contribution is 0.129. The summed E-state index contributed by atoms with van der Waals surface area (Å²) in [5, 5.41) is 15.5. The molecule has 30 heavy (non-hydrogen) atoms. The number of methoxy groups -OCH3 is 1. The number of hydrogen-bond acceptors (Lipinski definition) is 5. The van der Waals surface area contributed by atoms with Gasteiger partial charge >= 0.3 is 0 Å². The van der Waals surface area contributed by atoms with Crippen molar-refractivity contribution in [3.63, 3.8) is 0 Å². The molecule has 0 radical (unpaired) electrons. The fourth-order valence-corrected chi connectivity index (χ4v) is 5.49. The molecule has 0 saturated heterocycles.